The molecule has 3 heterocycles. The van der Waals surface area contributed by atoms with Gasteiger partial charge in [-0.1, -0.05) is 0 Å². The number of cyclic esters (lactones) is 1. The first-order valence-electron chi connectivity index (χ1n) is 5.46. The van der Waals surface area contributed by atoms with Gasteiger partial charge in [-0.25, -0.2) is 4.79 Å². The molecular formula is C10H15NO5. The van der Waals surface area contributed by atoms with E-state index in [-0.39, 0.29) is 24.4 Å². The van der Waals surface area contributed by atoms with Crippen LogP contribution in [0.3, 0.4) is 0 Å². The standard InChI is InChI=1S/C10H15NO5/c1-10(2)15-6-4-13-7(8(6)16-10)5-3-14-9(12)11-5/h5-8H,3-4H2,1-2H3,(H,11,12)/t5-,6+,7-,8+/m0/s1. The summed E-state index contributed by atoms with van der Waals surface area (Å²) in [5.74, 6) is -0.569. The van der Waals surface area contributed by atoms with Gasteiger partial charge in [-0.3, -0.25) is 0 Å². The lowest BCUT2D eigenvalue weighted by atomic mass is 10.1. The summed E-state index contributed by atoms with van der Waals surface area (Å²) >= 11 is 0. The highest BCUT2D eigenvalue weighted by Crippen LogP contribution is 2.36. The lowest BCUT2D eigenvalue weighted by Crippen LogP contribution is -2.45. The summed E-state index contributed by atoms with van der Waals surface area (Å²) in [6.07, 6.45) is -0.743. The van der Waals surface area contributed by atoms with Crippen LogP contribution in [0.25, 0.3) is 0 Å². The van der Waals surface area contributed by atoms with Gasteiger partial charge in [-0.2, -0.15) is 0 Å². The normalized spacial score (nSPS) is 45.2. The summed E-state index contributed by atoms with van der Waals surface area (Å²) in [7, 11) is 0. The average Bonchev–Trinajstić information content (AvgIpc) is 2.79. The fourth-order valence-corrected chi connectivity index (χ4v) is 2.49. The molecule has 3 saturated heterocycles. The van der Waals surface area contributed by atoms with Crippen molar-refractivity contribution in [3.05, 3.63) is 0 Å². The zero-order valence-corrected chi connectivity index (χ0v) is 9.26. The Hall–Kier alpha value is -0.850. The largest absolute Gasteiger partial charge is 0.447 e. The molecule has 6 nitrogen and oxygen atoms in total. The molecule has 3 fully saturated rings. The molecule has 0 bridgehead atoms. The minimum absolute atomic E-state index is 0.0440. The Labute approximate surface area is 93.2 Å². The minimum atomic E-state index is -0.569. The average molecular weight is 229 g/mol. The maximum absolute atomic E-state index is 11.0. The second-order valence-electron chi connectivity index (χ2n) is 4.79. The van der Waals surface area contributed by atoms with Crippen molar-refractivity contribution in [2.75, 3.05) is 13.2 Å². The predicted octanol–water partition coefficient (Wildman–Crippen LogP) is 0.0137. The smallest absolute Gasteiger partial charge is 0.407 e. The van der Waals surface area contributed by atoms with Crippen LogP contribution in [-0.4, -0.2) is 49.4 Å². The lowest BCUT2D eigenvalue weighted by molar-refractivity contribution is -0.177. The summed E-state index contributed by atoms with van der Waals surface area (Å²) in [5.41, 5.74) is 0. The highest BCUT2D eigenvalue weighted by molar-refractivity contribution is 5.69. The van der Waals surface area contributed by atoms with Crippen molar-refractivity contribution in [3.63, 3.8) is 0 Å². The SMILES string of the molecule is CC1(C)O[C@H]2[C@H]([C@@H]3COC(=O)N3)OC[C@H]2O1. The van der Waals surface area contributed by atoms with Gasteiger partial charge < -0.3 is 24.3 Å². The summed E-state index contributed by atoms with van der Waals surface area (Å²) in [6, 6.07) is -0.139. The monoisotopic (exact) mass is 229 g/mol. The molecule has 3 rings (SSSR count). The maximum atomic E-state index is 11.0. The second-order valence-corrected chi connectivity index (χ2v) is 4.79. The van der Waals surface area contributed by atoms with E-state index in [4.69, 9.17) is 18.9 Å². The quantitative estimate of drug-likeness (QED) is 0.686. The molecule has 0 aromatic carbocycles. The van der Waals surface area contributed by atoms with Crippen LogP contribution in [-0.2, 0) is 18.9 Å². The Bertz CT molecular complexity index is 318. The van der Waals surface area contributed by atoms with Gasteiger partial charge in [0.25, 0.3) is 0 Å². The third-order valence-electron chi connectivity index (χ3n) is 3.09. The Balaban J connectivity index is 1.71. The number of carbonyl (C=O) groups is 1. The topological polar surface area (TPSA) is 66.0 Å². The molecule has 0 aromatic heterocycles. The van der Waals surface area contributed by atoms with E-state index in [9.17, 15) is 4.79 Å². The molecule has 3 aliphatic rings. The summed E-state index contributed by atoms with van der Waals surface area (Å²) in [5, 5.41) is 2.71. The number of ether oxygens (including phenoxy) is 4. The highest BCUT2D eigenvalue weighted by Gasteiger charge is 2.53. The van der Waals surface area contributed by atoms with Crippen molar-refractivity contribution in [3.8, 4) is 0 Å². The van der Waals surface area contributed by atoms with Crippen molar-refractivity contribution in [2.24, 2.45) is 0 Å². The van der Waals surface area contributed by atoms with Crippen LogP contribution in [0.1, 0.15) is 13.8 Å². The molecule has 0 spiro atoms. The van der Waals surface area contributed by atoms with E-state index >= 15 is 0 Å². The molecule has 16 heavy (non-hydrogen) atoms. The number of carbonyl (C=O) groups excluding carboxylic acids is 1. The third kappa shape index (κ3) is 1.57. The van der Waals surface area contributed by atoms with Crippen LogP contribution in [0.15, 0.2) is 0 Å². The first-order valence-corrected chi connectivity index (χ1v) is 5.46. The summed E-state index contributed by atoms with van der Waals surface area (Å²) < 4.78 is 21.9. The molecule has 0 aliphatic carbocycles. The Kier molecular flexibility index (Phi) is 2.14. The van der Waals surface area contributed by atoms with E-state index in [1.807, 2.05) is 13.8 Å². The van der Waals surface area contributed by atoms with Crippen molar-refractivity contribution in [1.29, 1.82) is 0 Å². The van der Waals surface area contributed by atoms with Gasteiger partial charge in [0.2, 0.25) is 0 Å². The van der Waals surface area contributed by atoms with Gasteiger partial charge in [0.1, 0.15) is 24.9 Å². The van der Waals surface area contributed by atoms with Gasteiger partial charge in [0, 0.05) is 0 Å². The van der Waals surface area contributed by atoms with Gasteiger partial charge in [-0.15, -0.1) is 0 Å². The van der Waals surface area contributed by atoms with E-state index in [0.29, 0.717) is 13.2 Å². The predicted molar refractivity (Wildman–Crippen MR) is 51.8 cm³/mol. The van der Waals surface area contributed by atoms with Crippen LogP contribution < -0.4 is 5.32 Å². The van der Waals surface area contributed by atoms with Crippen LogP contribution in [0, 0.1) is 0 Å². The number of alkyl carbamates (subject to hydrolysis) is 1. The first-order chi connectivity index (χ1) is 7.55. The van der Waals surface area contributed by atoms with Crippen molar-refractivity contribution < 1.29 is 23.7 Å². The van der Waals surface area contributed by atoms with E-state index in [1.165, 1.54) is 0 Å². The third-order valence-corrected chi connectivity index (χ3v) is 3.09. The fourth-order valence-electron chi connectivity index (χ4n) is 2.49. The molecule has 1 amide bonds. The van der Waals surface area contributed by atoms with E-state index < -0.39 is 11.9 Å². The second kappa shape index (κ2) is 3.32. The number of hydrogen-bond donors (Lipinski definition) is 1. The number of hydrogen-bond acceptors (Lipinski definition) is 5. The molecule has 0 aromatic rings. The van der Waals surface area contributed by atoms with Gasteiger partial charge in [0.05, 0.1) is 12.6 Å². The molecular weight excluding hydrogens is 214 g/mol. The van der Waals surface area contributed by atoms with Gasteiger partial charge in [0.15, 0.2) is 5.79 Å². The fraction of sp³-hybridized carbons (Fsp3) is 0.900. The Morgan fingerprint density at radius 3 is 2.75 bits per heavy atom. The summed E-state index contributed by atoms with van der Waals surface area (Å²) in [6.45, 7) is 4.60. The molecule has 90 valence electrons. The van der Waals surface area contributed by atoms with Crippen molar-refractivity contribution in [1.82, 2.24) is 5.32 Å². The number of rotatable bonds is 1. The van der Waals surface area contributed by atoms with Crippen molar-refractivity contribution >= 4 is 6.09 Å². The van der Waals surface area contributed by atoms with Gasteiger partial charge >= 0.3 is 6.09 Å². The molecule has 1 N–H and O–H groups in total. The summed E-state index contributed by atoms with van der Waals surface area (Å²) in [4.78, 5) is 11.0. The maximum Gasteiger partial charge on any atom is 0.407 e. The van der Waals surface area contributed by atoms with Crippen LogP contribution in [0.5, 0.6) is 0 Å². The zero-order chi connectivity index (χ0) is 11.3. The first kappa shape index (κ1) is 10.3. The van der Waals surface area contributed by atoms with E-state index in [1.54, 1.807) is 0 Å². The zero-order valence-electron chi connectivity index (χ0n) is 9.26. The van der Waals surface area contributed by atoms with Gasteiger partial charge in [-0.05, 0) is 13.8 Å². The Morgan fingerprint density at radius 1 is 1.25 bits per heavy atom. The Morgan fingerprint density at radius 2 is 2.06 bits per heavy atom. The number of amides is 1. The molecule has 4 atom stereocenters. The van der Waals surface area contributed by atoms with Crippen LogP contribution in [0.4, 0.5) is 4.79 Å². The van der Waals surface area contributed by atoms with E-state index in [0.717, 1.165) is 0 Å². The molecule has 0 radical (unpaired) electrons. The highest BCUT2D eigenvalue weighted by atomic mass is 16.8. The van der Waals surface area contributed by atoms with Crippen LogP contribution in [0.2, 0.25) is 0 Å². The molecule has 0 saturated carbocycles. The molecule has 3 aliphatic heterocycles. The van der Waals surface area contributed by atoms with Crippen LogP contribution >= 0.6 is 0 Å². The molecule has 6 heteroatoms. The van der Waals surface area contributed by atoms with Crippen molar-refractivity contribution in [2.45, 2.75) is 44.0 Å². The lowest BCUT2D eigenvalue weighted by Gasteiger charge is -2.24. The minimum Gasteiger partial charge on any atom is -0.447 e. The van der Waals surface area contributed by atoms with E-state index in [2.05, 4.69) is 5.32 Å². The molecule has 0 unspecified atom stereocenters. The number of fused-ring (bicyclic) bond motifs is 1. The number of nitrogens with one attached hydrogen (secondary N) is 1.